The van der Waals surface area contributed by atoms with E-state index in [0.29, 0.717) is 0 Å². The molecule has 10 nitrogen and oxygen atoms in total. The van der Waals surface area contributed by atoms with Crippen LogP contribution in [0.25, 0.3) is 10.4 Å². The van der Waals surface area contributed by atoms with Crippen LogP contribution in [0.5, 0.6) is 0 Å². The number of hydrogen-bond acceptors (Lipinski definition) is 7. The van der Waals surface area contributed by atoms with Crippen molar-refractivity contribution < 1.29 is 35.1 Å². The molecule has 20 heavy (non-hydrogen) atoms. The number of aliphatic hydroxyl groups excluding tert-OH is 3. The summed E-state index contributed by atoms with van der Waals surface area (Å²) in [5, 5.41) is 50.7. The molecule has 1 rings (SSSR count). The van der Waals surface area contributed by atoms with Crippen molar-refractivity contribution in [3.8, 4) is 0 Å². The average Bonchev–Trinajstić information content (AvgIpc) is 2.39. The lowest BCUT2D eigenvalue weighted by atomic mass is 9.84. The molecule has 10 heteroatoms. The smallest absolute Gasteiger partial charge is 0.364 e. The highest BCUT2D eigenvalue weighted by Gasteiger charge is 2.52. The molecule has 5 N–H and O–H groups in total. The number of carboxylic acids is 1. The third-order valence-electron chi connectivity index (χ3n) is 3.39. The van der Waals surface area contributed by atoms with Crippen molar-refractivity contribution in [1.29, 1.82) is 0 Å². The molecule has 1 aliphatic rings. The van der Waals surface area contributed by atoms with E-state index >= 15 is 0 Å². The van der Waals surface area contributed by atoms with E-state index in [4.69, 9.17) is 20.5 Å². The number of ether oxygens (including phenoxy) is 1. The summed E-state index contributed by atoms with van der Waals surface area (Å²) in [7, 11) is 0. The van der Waals surface area contributed by atoms with E-state index in [-0.39, 0.29) is 0 Å². The van der Waals surface area contributed by atoms with Crippen molar-refractivity contribution in [3.05, 3.63) is 10.4 Å². The molecular weight excluding hydrogens is 274 g/mol. The van der Waals surface area contributed by atoms with Crippen LogP contribution in [0, 0.1) is 5.92 Å². The van der Waals surface area contributed by atoms with Crippen LogP contribution in [0.3, 0.4) is 0 Å². The Bertz CT molecular complexity index is 414. The van der Waals surface area contributed by atoms with E-state index in [1.165, 1.54) is 6.92 Å². The van der Waals surface area contributed by atoms with Gasteiger partial charge < -0.3 is 30.3 Å². The molecule has 0 saturated carbocycles. The fourth-order valence-electron chi connectivity index (χ4n) is 2.09. The molecule has 0 amide bonds. The molecule has 1 heterocycles. The highest BCUT2D eigenvalue weighted by Crippen LogP contribution is 2.34. The zero-order valence-corrected chi connectivity index (χ0v) is 10.7. The predicted octanol–water partition coefficient (Wildman–Crippen LogP) is -1.42. The van der Waals surface area contributed by atoms with Crippen LogP contribution in [0.15, 0.2) is 5.11 Å². The molecule has 114 valence electrons. The molecule has 1 aliphatic heterocycles. The normalized spacial score (nSPS) is 36.8. The summed E-state index contributed by atoms with van der Waals surface area (Å²) in [6.07, 6.45) is -4.69. The van der Waals surface area contributed by atoms with Gasteiger partial charge in [-0.05, 0) is 5.53 Å². The molecule has 1 saturated heterocycles. The zero-order valence-electron chi connectivity index (χ0n) is 10.7. The number of hydrogen-bond donors (Lipinski definition) is 5. The monoisotopic (exact) mass is 291 g/mol. The number of aliphatic hydroxyl groups is 4. The van der Waals surface area contributed by atoms with Crippen molar-refractivity contribution in [2.45, 2.75) is 43.5 Å². The Hall–Kier alpha value is -1.42. The number of carbonyl (C=O) groups is 1. The standard InChI is InChI=1S/C10H17N3O7/c1-4-6(15)2-10(19,9(17)18)20-8(4)7(16)5(3-14)12-13-11/h4-8,14-16,19H,2-3H2,1H3,(H,17,18)/t4-,5-,6-,7-,8?,10+/m1/s1. The summed E-state index contributed by atoms with van der Waals surface area (Å²) in [5.74, 6) is -5.08. The lowest BCUT2D eigenvalue weighted by Crippen LogP contribution is -2.59. The summed E-state index contributed by atoms with van der Waals surface area (Å²) >= 11 is 0. The van der Waals surface area contributed by atoms with E-state index in [9.17, 15) is 20.1 Å². The molecular formula is C10H17N3O7. The average molecular weight is 291 g/mol. The Morgan fingerprint density at radius 1 is 1.65 bits per heavy atom. The molecule has 6 atom stereocenters. The quantitative estimate of drug-likeness (QED) is 0.234. The van der Waals surface area contributed by atoms with Gasteiger partial charge in [0.25, 0.3) is 5.79 Å². The topological polar surface area (TPSA) is 176 Å². The lowest BCUT2D eigenvalue weighted by Gasteiger charge is -2.43. The number of rotatable bonds is 5. The Morgan fingerprint density at radius 2 is 2.25 bits per heavy atom. The molecule has 0 spiro atoms. The van der Waals surface area contributed by atoms with Crippen molar-refractivity contribution >= 4 is 5.97 Å². The van der Waals surface area contributed by atoms with Gasteiger partial charge in [-0.1, -0.05) is 12.0 Å². The summed E-state index contributed by atoms with van der Waals surface area (Å²) in [6.45, 7) is 0.782. The summed E-state index contributed by atoms with van der Waals surface area (Å²) in [4.78, 5) is 13.4. The first-order valence-corrected chi connectivity index (χ1v) is 5.91. The second-order valence-electron chi connectivity index (χ2n) is 4.75. The van der Waals surface area contributed by atoms with Gasteiger partial charge >= 0.3 is 5.97 Å². The second kappa shape index (κ2) is 6.35. The highest BCUT2D eigenvalue weighted by atomic mass is 16.7. The minimum absolute atomic E-state index is 0.558. The van der Waals surface area contributed by atoms with Crippen LogP contribution in [0.1, 0.15) is 13.3 Å². The fraction of sp³-hybridized carbons (Fsp3) is 0.900. The van der Waals surface area contributed by atoms with E-state index in [2.05, 4.69) is 10.0 Å². The van der Waals surface area contributed by atoms with Gasteiger partial charge in [0.15, 0.2) is 0 Å². The number of carboxylic acid groups (broad SMARTS) is 1. The largest absolute Gasteiger partial charge is 0.477 e. The van der Waals surface area contributed by atoms with Gasteiger partial charge in [-0.15, -0.1) is 0 Å². The van der Waals surface area contributed by atoms with Crippen LogP contribution in [-0.2, 0) is 9.53 Å². The van der Waals surface area contributed by atoms with Crippen molar-refractivity contribution in [1.82, 2.24) is 0 Å². The van der Waals surface area contributed by atoms with E-state index in [1.807, 2.05) is 0 Å². The Balaban J connectivity index is 3.01. The fourth-order valence-corrected chi connectivity index (χ4v) is 2.09. The molecule has 0 aromatic carbocycles. The van der Waals surface area contributed by atoms with Crippen LogP contribution >= 0.6 is 0 Å². The van der Waals surface area contributed by atoms with Crippen molar-refractivity contribution in [2.24, 2.45) is 11.0 Å². The van der Waals surface area contributed by atoms with Crippen LogP contribution in [0.4, 0.5) is 0 Å². The van der Waals surface area contributed by atoms with Gasteiger partial charge in [-0.25, -0.2) is 4.79 Å². The Morgan fingerprint density at radius 3 is 2.70 bits per heavy atom. The SMILES string of the molecule is C[C@H]1C([C@H](O)[C@@H](CO)N=[N+]=[N-])O[C@](O)(C(=O)O)C[C@H]1O. The van der Waals surface area contributed by atoms with Crippen molar-refractivity contribution in [2.75, 3.05) is 6.61 Å². The molecule has 0 aromatic rings. The van der Waals surface area contributed by atoms with Crippen LogP contribution < -0.4 is 0 Å². The summed E-state index contributed by atoms with van der Waals surface area (Å²) in [6, 6.07) is -1.28. The van der Waals surface area contributed by atoms with Crippen LogP contribution in [0.2, 0.25) is 0 Å². The molecule has 0 aliphatic carbocycles. The molecule has 0 aromatic heterocycles. The maximum atomic E-state index is 11.0. The molecule has 1 unspecified atom stereocenters. The third kappa shape index (κ3) is 3.18. The minimum Gasteiger partial charge on any atom is -0.477 e. The van der Waals surface area contributed by atoms with E-state index in [1.54, 1.807) is 0 Å². The Labute approximate surface area is 113 Å². The number of azide groups is 1. The second-order valence-corrected chi connectivity index (χ2v) is 4.75. The Kier molecular flexibility index (Phi) is 5.28. The summed E-state index contributed by atoms with van der Waals surface area (Å²) in [5.41, 5.74) is 8.33. The summed E-state index contributed by atoms with van der Waals surface area (Å²) < 4.78 is 4.96. The van der Waals surface area contributed by atoms with E-state index in [0.717, 1.165) is 0 Å². The van der Waals surface area contributed by atoms with Crippen LogP contribution in [-0.4, -0.2) is 68.2 Å². The van der Waals surface area contributed by atoms with Gasteiger partial charge in [0.1, 0.15) is 0 Å². The van der Waals surface area contributed by atoms with Gasteiger partial charge in [-0.3, -0.25) is 0 Å². The lowest BCUT2D eigenvalue weighted by molar-refractivity contribution is -0.297. The van der Waals surface area contributed by atoms with Gasteiger partial charge in [-0.2, -0.15) is 0 Å². The first-order chi connectivity index (χ1) is 9.26. The van der Waals surface area contributed by atoms with Crippen molar-refractivity contribution in [3.63, 3.8) is 0 Å². The molecule has 0 radical (unpaired) electrons. The minimum atomic E-state index is -2.64. The van der Waals surface area contributed by atoms with E-state index < -0.39 is 55.1 Å². The zero-order chi connectivity index (χ0) is 15.5. The number of aliphatic carboxylic acids is 1. The maximum Gasteiger partial charge on any atom is 0.364 e. The first-order valence-electron chi connectivity index (χ1n) is 5.91. The van der Waals surface area contributed by atoms with Gasteiger partial charge in [0.05, 0.1) is 31.0 Å². The third-order valence-corrected chi connectivity index (χ3v) is 3.39. The highest BCUT2D eigenvalue weighted by molar-refractivity contribution is 5.75. The molecule has 1 fully saturated rings. The van der Waals surface area contributed by atoms with Gasteiger partial charge in [0.2, 0.25) is 0 Å². The first kappa shape index (κ1) is 16.6. The maximum absolute atomic E-state index is 11.0. The molecule has 0 bridgehead atoms. The predicted molar refractivity (Wildman–Crippen MR) is 63.3 cm³/mol. The number of nitrogens with zero attached hydrogens (tertiary/aromatic N) is 3. The van der Waals surface area contributed by atoms with Gasteiger partial charge in [0, 0.05) is 17.3 Å².